The van der Waals surface area contributed by atoms with Gasteiger partial charge in [0.2, 0.25) is 0 Å². The number of rotatable bonds is 6. The van der Waals surface area contributed by atoms with Crippen LogP contribution in [0.15, 0.2) is 48.5 Å². The van der Waals surface area contributed by atoms with Crippen LogP contribution in [-0.4, -0.2) is 14.2 Å². The van der Waals surface area contributed by atoms with Gasteiger partial charge >= 0.3 is 0 Å². The molecule has 0 bridgehead atoms. The molecule has 2 aromatic carbocycles. The van der Waals surface area contributed by atoms with E-state index in [2.05, 4.69) is 30.7 Å². The van der Waals surface area contributed by atoms with Gasteiger partial charge in [-0.1, -0.05) is 30.3 Å². The standard InChI is InChI=1S/C17H19O2/c1-18-16-11-15(12-17(13-16)19-2)10-6-9-14-7-4-3-5-8-14/h3-5,7-8,10-13H,6,9H2,1-2H3. The Labute approximate surface area is 115 Å². The highest BCUT2D eigenvalue weighted by Crippen LogP contribution is 2.24. The predicted molar refractivity (Wildman–Crippen MR) is 77.7 cm³/mol. The smallest absolute Gasteiger partial charge is 0.122 e. The van der Waals surface area contributed by atoms with Crippen molar-refractivity contribution in [3.8, 4) is 11.5 Å². The molecule has 0 saturated heterocycles. The van der Waals surface area contributed by atoms with E-state index in [-0.39, 0.29) is 0 Å². The van der Waals surface area contributed by atoms with Gasteiger partial charge in [0, 0.05) is 6.07 Å². The molecule has 19 heavy (non-hydrogen) atoms. The van der Waals surface area contributed by atoms with E-state index in [1.807, 2.05) is 24.3 Å². The summed E-state index contributed by atoms with van der Waals surface area (Å²) >= 11 is 0. The Hall–Kier alpha value is -1.96. The minimum atomic E-state index is 0.824. The molecule has 0 aromatic heterocycles. The molecule has 99 valence electrons. The molecular weight excluding hydrogens is 236 g/mol. The van der Waals surface area contributed by atoms with E-state index in [1.54, 1.807) is 14.2 Å². The molecule has 0 spiro atoms. The normalized spacial score (nSPS) is 10.2. The Balaban J connectivity index is 1.95. The molecule has 0 N–H and O–H groups in total. The van der Waals surface area contributed by atoms with Crippen molar-refractivity contribution in [3.05, 3.63) is 66.1 Å². The molecule has 0 aliphatic rings. The maximum absolute atomic E-state index is 5.26. The van der Waals surface area contributed by atoms with Gasteiger partial charge in [-0.15, -0.1) is 0 Å². The van der Waals surface area contributed by atoms with Crippen LogP contribution in [0.2, 0.25) is 0 Å². The zero-order valence-corrected chi connectivity index (χ0v) is 11.4. The zero-order chi connectivity index (χ0) is 13.5. The second kappa shape index (κ2) is 6.83. The minimum absolute atomic E-state index is 0.824. The van der Waals surface area contributed by atoms with Crippen LogP contribution in [0.3, 0.4) is 0 Å². The van der Waals surface area contributed by atoms with Crippen molar-refractivity contribution in [1.82, 2.24) is 0 Å². The molecule has 0 aliphatic heterocycles. The summed E-state index contributed by atoms with van der Waals surface area (Å²) in [5, 5.41) is 0. The molecule has 0 saturated carbocycles. The number of hydrogen-bond acceptors (Lipinski definition) is 2. The van der Waals surface area contributed by atoms with E-state index in [9.17, 15) is 0 Å². The maximum Gasteiger partial charge on any atom is 0.122 e. The van der Waals surface area contributed by atoms with E-state index < -0.39 is 0 Å². The van der Waals surface area contributed by atoms with Gasteiger partial charge in [0.25, 0.3) is 0 Å². The van der Waals surface area contributed by atoms with E-state index in [1.165, 1.54) is 5.56 Å². The summed E-state index contributed by atoms with van der Waals surface area (Å²) in [5.74, 6) is 1.65. The van der Waals surface area contributed by atoms with Gasteiger partial charge in [0.05, 0.1) is 14.2 Å². The first kappa shape index (κ1) is 13.5. The first-order valence-corrected chi connectivity index (χ1v) is 6.42. The SMILES string of the molecule is COc1cc([CH]CCc2ccccc2)cc(OC)c1. The van der Waals surface area contributed by atoms with Crippen LogP contribution in [0.1, 0.15) is 17.5 Å². The van der Waals surface area contributed by atoms with Crippen molar-refractivity contribution in [1.29, 1.82) is 0 Å². The van der Waals surface area contributed by atoms with Gasteiger partial charge in [-0.25, -0.2) is 0 Å². The van der Waals surface area contributed by atoms with Crippen molar-refractivity contribution >= 4 is 0 Å². The van der Waals surface area contributed by atoms with E-state index >= 15 is 0 Å². The Bertz CT molecular complexity index is 484. The van der Waals surface area contributed by atoms with Crippen LogP contribution < -0.4 is 9.47 Å². The highest BCUT2D eigenvalue weighted by molar-refractivity contribution is 5.41. The quantitative estimate of drug-likeness (QED) is 0.779. The number of ether oxygens (including phenoxy) is 2. The lowest BCUT2D eigenvalue weighted by atomic mass is 10.0. The number of hydrogen-bond donors (Lipinski definition) is 0. The summed E-state index contributed by atoms with van der Waals surface area (Å²) in [6.07, 6.45) is 4.25. The van der Waals surface area contributed by atoms with E-state index in [0.29, 0.717) is 0 Å². The Kier molecular flexibility index (Phi) is 4.85. The molecule has 0 aliphatic carbocycles. The summed E-state index contributed by atoms with van der Waals surface area (Å²) in [7, 11) is 3.34. The Morgan fingerprint density at radius 3 is 2.11 bits per heavy atom. The fraction of sp³-hybridized carbons (Fsp3) is 0.235. The molecule has 1 radical (unpaired) electrons. The van der Waals surface area contributed by atoms with Gasteiger partial charge in [-0.2, -0.15) is 0 Å². The Morgan fingerprint density at radius 2 is 1.53 bits per heavy atom. The largest absolute Gasteiger partial charge is 0.497 e. The van der Waals surface area contributed by atoms with Crippen molar-refractivity contribution < 1.29 is 9.47 Å². The molecule has 2 heteroatoms. The number of benzene rings is 2. The van der Waals surface area contributed by atoms with Crippen LogP contribution in [0.25, 0.3) is 0 Å². The lowest BCUT2D eigenvalue weighted by Crippen LogP contribution is -1.92. The van der Waals surface area contributed by atoms with E-state index in [0.717, 1.165) is 29.9 Å². The zero-order valence-electron chi connectivity index (χ0n) is 11.4. The van der Waals surface area contributed by atoms with Crippen LogP contribution in [-0.2, 0) is 6.42 Å². The van der Waals surface area contributed by atoms with Crippen LogP contribution in [0.4, 0.5) is 0 Å². The first-order chi connectivity index (χ1) is 9.31. The van der Waals surface area contributed by atoms with E-state index in [4.69, 9.17) is 9.47 Å². The number of methoxy groups -OCH3 is 2. The summed E-state index contributed by atoms with van der Waals surface area (Å²) in [5.41, 5.74) is 2.49. The highest BCUT2D eigenvalue weighted by atomic mass is 16.5. The molecule has 0 unspecified atom stereocenters. The van der Waals surface area contributed by atoms with Crippen molar-refractivity contribution in [2.24, 2.45) is 0 Å². The van der Waals surface area contributed by atoms with Gasteiger partial charge in [-0.05, 0) is 42.5 Å². The summed E-state index contributed by atoms with van der Waals surface area (Å²) in [6.45, 7) is 0. The van der Waals surface area contributed by atoms with Crippen molar-refractivity contribution in [2.75, 3.05) is 14.2 Å². The number of aryl methyl sites for hydroxylation is 1. The molecule has 2 nitrogen and oxygen atoms in total. The fourth-order valence-corrected chi connectivity index (χ4v) is 2.00. The van der Waals surface area contributed by atoms with Crippen LogP contribution in [0.5, 0.6) is 11.5 Å². The van der Waals surface area contributed by atoms with Gasteiger partial charge < -0.3 is 9.47 Å². The molecule has 0 fully saturated rings. The molecule has 2 aromatic rings. The third-order valence-electron chi connectivity index (χ3n) is 3.03. The first-order valence-electron chi connectivity index (χ1n) is 6.42. The van der Waals surface area contributed by atoms with Gasteiger partial charge in [-0.3, -0.25) is 0 Å². The molecular formula is C17H19O2. The minimum Gasteiger partial charge on any atom is -0.497 e. The summed E-state index contributed by atoms with van der Waals surface area (Å²) < 4.78 is 10.5. The van der Waals surface area contributed by atoms with Crippen molar-refractivity contribution in [2.45, 2.75) is 12.8 Å². The van der Waals surface area contributed by atoms with Crippen LogP contribution in [0, 0.1) is 6.42 Å². The molecule has 0 amide bonds. The summed E-state index contributed by atoms with van der Waals surface area (Å²) in [4.78, 5) is 0. The third-order valence-corrected chi connectivity index (χ3v) is 3.03. The third kappa shape index (κ3) is 4.02. The molecule has 0 atom stereocenters. The second-order valence-electron chi connectivity index (χ2n) is 4.37. The molecule has 2 rings (SSSR count). The lowest BCUT2D eigenvalue weighted by Gasteiger charge is -2.08. The average molecular weight is 255 g/mol. The maximum atomic E-state index is 5.26. The monoisotopic (exact) mass is 255 g/mol. The predicted octanol–water partition coefficient (Wildman–Crippen LogP) is 3.89. The van der Waals surface area contributed by atoms with Gasteiger partial charge in [0.15, 0.2) is 0 Å². The van der Waals surface area contributed by atoms with Crippen LogP contribution >= 0.6 is 0 Å². The highest BCUT2D eigenvalue weighted by Gasteiger charge is 2.02. The average Bonchev–Trinajstić information content (AvgIpc) is 2.48. The second-order valence-corrected chi connectivity index (χ2v) is 4.37. The van der Waals surface area contributed by atoms with Gasteiger partial charge in [0.1, 0.15) is 11.5 Å². The Morgan fingerprint density at radius 1 is 0.895 bits per heavy atom. The van der Waals surface area contributed by atoms with Crippen molar-refractivity contribution in [3.63, 3.8) is 0 Å². The fourth-order valence-electron chi connectivity index (χ4n) is 2.00. The topological polar surface area (TPSA) is 18.5 Å². The molecule has 0 heterocycles. The lowest BCUT2D eigenvalue weighted by molar-refractivity contribution is 0.394. The summed E-state index contributed by atoms with van der Waals surface area (Å²) in [6, 6.07) is 16.4.